The van der Waals surface area contributed by atoms with E-state index >= 15 is 0 Å². The first kappa shape index (κ1) is 19.1. The quantitative estimate of drug-likeness (QED) is 0.553. The summed E-state index contributed by atoms with van der Waals surface area (Å²) >= 11 is 3.99. The molecule has 26 heavy (non-hydrogen) atoms. The second kappa shape index (κ2) is 8.36. The van der Waals surface area contributed by atoms with Gasteiger partial charge in [0.05, 0.1) is 17.4 Å². The molecule has 10 heteroatoms. The highest BCUT2D eigenvalue weighted by Crippen LogP contribution is 2.39. The third-order valence-corrected chi connectivity index (χ3v) is 6.81. The van der Waals surface area contributed by atoms with Gasteiger partial charge in [-0.25, -0.2) is 4.79 Å². The van der Waals surface area contributed by atoms with Crippen LogP contribution >= 0.6 is 34.4 Å². The van der Waals surface area contributed by atoms with Crippen LogP contribution in [0.4, 0.5) is 10.1 Å². The van der Waals surface area contributed by atoms with E-state index in [1.807, 2.05) is 13.8 Å². The van der Waals surface area contributed by atoms with Crippen LogP contribution in [0.5, 0.6) is 0 Å². The maximum atomic E-state index is 12.6. The Kier molecular flexibility index (Phi) is 6.15. The largest absolute Gasteiger partial charge is 0.459 e. The summed E-state index contributed by atoms with van der Waals surface area (Å²) in [7, 11) is 0. The SMILES string of the molecule is CC(C)OC(=O)c1c(NC(=O)CSc2nnc(N)s2)sc2c1CCCC2. The molecule has 3 rings (SSSR count). The topological polar surface area (TPSA) is 107 Å². The highest BCUT2D eigenvalue weighted by molar-refractivity contribution is 8.01. The number of fused-ring (bicyclic) bond motifs is 1. The van der Waals surface area contributed by atoms with Gasteiger partial charge in [-0.3, -0.25) is 4.79 Å². The number of nitrogen functional groups attached to an aromatic ring is 1. The minimum Gasteiger partial charge on any atom is -0.459 e. The average molecular weight is 413 g/mol. The Morgan fingerprint density at radius 3 is 2.73 bits per heavy atom. The van der Waals surface area contributed by atoms with E-state index in [0.29, 0.717) is 20.0 Å². The lowest BCUT2D eigenvalue weighted by atomic mass is 9.95. The predicted molar refractivity (Wildman–Crippen MR) is 105 cm³/mol. The first-order chi connectivity index (χ1) is 12.4. The first-order valence-electron chi connectivity index (χ1n) is 8.31. The van der Waals surface area contributed by atoms with E-state index in [-0.39, 0.29) is 23.7 Å². The van der Waals surface area contributed by atoms with Crippen molar-refractivity contribution in [3.8, 4) is 0 Å². The fourth-order valence-electron chi connectivity index (χ4n) is 2.71. The molecule has 0 aliphatic heterocycles. The number of aromatic nitrogens is 2. The number of nitrogens with zero attached hydrogens (tertiary/aromatic N) is 2. The van der Waals surface area contributed by atoms with Crippen LogP contribution in [0.15, 0.2) is 4.34 Å². The Morgan fingerprint density at radius 2 is 2.04 bits per heavy atom. The molecular formula is C16H20N4O3S3. The maximum Gasteiger partial charge on any atom is 0.341 e. The van der Waals surface area contributed by atoms with E-state index in [1.165, 1.54) is 39.3 Å². The number of nitrogens with one attached hydrogen (secondary N) is 1. The zero-order chi connectivity index (χ0) is 18.7. The molecule has 2 aromatic rings. The lowest BCUT2D eigenvalue weighted by Crippen LogP contribution is -2.18. The van der Waals surface area contributed by atoms with Gasteiger partial charge in [-0.15, -0.1) is 21.5 Å². The van der Waals surface area contributed by atoms with Gasteiger partial charge in [0, 0.05) is 4.88 Å². The summed E-state index contributed by atoms with van der Waals surface area (Å²) < 4.78 is 6.04. The molecule has 7 nitrogen and oxygen atoms in total. The van der Waals surface area contributed by atoms with Crippen molar-refractivity contribution < 1.29 is 14.3 Å². The molecule has 2 aromatic heterocycles. The number of rotatable bonds is 6. The van der Waals surface area contributed by atoms with Gasteiger partial charge in [0.2, 0.25) is 11.0 Å². The van der Waals surface area contributed by atoms with Crippen LogP contribution in [0.3, 0.4) is 0 Å². The maximum absolute atomic E-state index is 12.6. The molecular weight excluding hydrogens is 392 g/mol. The number of amides is 1. The summed E-state index contributed by atoms with van der Waals surface area (Å²) in [5.74, 6) is -0.379. The van der Waals surface area contributed by atoms with Crippen molar-refractivity contribution in [3.63, 3.8) is 0 Å². The number of esters is 1. The minimum absolute atomic E-state index is 0.176. The summed E-state index contributed by atoms with van der Waals surface area (Å²) in [6.45, 7) is 3.64. The van der Waals surface area contributed by atoms with Crippen molar-refractivity contribution in [3.05, 3.63) is 16.0 Å². The van der Waals surface area contributed by atoms with E-state index in [2.05, 4.69) is 15.5 Å². The normalized spacial score (nSPS) is 13.5. The predicted octanol–water partition coefficient (Wildman–Crippen LogP) is 3.36. The van der Waals surface area contributed by atoms with E-state index in [4.69, 9.17) is 10.5 Å². The fraction of sp³-hybridized carbons (Fsp3) is 0.500. The van der Waals surface area contributed by atoms with Crippen LogP contribution in [-0.4, -0.2) is 33.9 Å². The van der Waals surface area contributed by atoms with Gasteiger partial charge >= 0.3 is 5.97 Å². The van der Waals surface area contributed by atoms with Crippen molar-refractivity contribution in [1.29, 1.82) is 0 Å². The zero-order valence-electron chi connectivity index (χ0n) is 14.5. The van der Waals surface area contributed by atoms with Crippen molar-refractivity contribution >= 4 is 56.4 Å². The number of aryl methyl sites for hydroxylation is 1. The van der Waals surface area contributed by atoms with Crippen LogP contribution in [0.2, 0.25) is 0 Å². The number of carbonyl (C=O) groups is 2. The summed E-state index contributed by atoms with van der Waals surface area (Å²) in [6.07, 6.45) is 3.74. The number of anilines is 2. The number of ether oxygens (including phenoxy) is 1. The number of thiophene rings is 1. The molecule has 1 amide bonds. The van der Waals surface area contributed by atoms with Crippen LogP contribution in [0.25, 0.3) is 0 Å². The molecule has 0 aromatic carbocycles. The second-order valence-electron chi connectivity index (χ2n) is 6.11. The summed E-state index contributed by atoms with van der Waals surface area (Å²) in [5, 5.41) is 11.4. The van der Waals surface area contributed by atoms with E-state index in [9.17, 15) is 9.59 Å². The van der Waals surface area contributed by atoms with E-state index in [0.717, 1.165) is 31.2 Å². The van der Waals surface area contributed by atoms with E-state index in [1.54, 1.807) is 0 Å². The lowest BCUT2D eigenvalue weighted by Gasteiger charge is -2.14. The Balaban J connectivity index is 1.74. The highest BCUT2D eigenvalue weighted by atomic mass is 32.2. The third kappa shape index (κ3) is 4.54. The summed E-state index contributed by atoms with van der Waals surface area (Å²) in [4.78, 5) is 26.1. The third-order valence-electron chi connectivity index (χ3n) is 3.72. The first-order valence-corrected chi connectivity index (χ1v) is 10.9. The molecule has 0 saturated heterocycles. The van der Waals surface area contributed by atoms with Crippen molar-refractivity contribution in [2.45, 2.75) is 50.0 Å². The standard InChI is InChI=1S/C16H20N4O3S3/c1-8(2)23-14(22)12-9-5-3-4-6-10(9)25-13(12)18-11(21)7-24-16-20-19-15(17)26-16/h8H,3-7H2,1-2H3,(H2,17,19)(H,18,21). The zero-order valence-corrected chi connectivity index (χ0v) is 17.0. The lowest BCUT2D eigenvalue weighted by molar-refractivity contribution is -0.113. The Labute approximate surface area is 163 Å². The minimum atomic E-state index is -0.362. The molecule has 0 unspecified atom stereocenters. The average Bonchev–Trinajstić information content (AvgIpc) is 3.15. The van der Waals surface area contributed by atoms with Gasteiger partial charge in [-0.1, -0.05) is 23.1 Å². The molecule has 0 saturated carbocycles. The molecule has 0 bridgehead atoms. The highest BCUT2D eigenvalue weighted by Gasteiger charge is 2.27. The molecule has 3 N–H and O–H groups in total. The number of hydrogen-bond donors (Lipinski definition) is 2. The summed E-state index contributed by atoms with van der Waals surface area (Å²) in [6, 6.07) is 0. The van der Waals surface area contributed by atoms with Crippen molar-refractivity contribution in [2.75, 3.05) is 16.8 Å². The molecule has 140 valence electrons. The monoisotopic (exact) mass is 412 g/mol. The summed E-state index contributed by atoms with van der Waals surface area (Å²) in [5.41, 5.74) is 7.10. The van der Waals surface area contributed by atoms with Gasteiger partial charge in [0.25, 0.3) is 0 Å². The number of carbonyl (C=O) groups excluding carboxylic acids is 2. The molecule has 1 aliphatic rings. The second-order valence-corrected chi connectivity index (χ2v) is 9.45. The van der Waals surface area contributed by atoms with Crippen LogP contribution in [0, 0.1) is 0 Å². The molecule has 1 aliphatic carbocycles. The van der Waals surface area contributed by atoms with Gasteiger partial charge in [-0.05, 0) is 45.1 Å². The van der Waals surface area contributed by atoms with Gasteiger partial charge in [-0.2, -0.15) is 0 Å². The van der Waals surface area contributed by atoms with Crippen LogP contribution < -0.4 is 11.1 Å². The fourth-order valence-corrected chi connectivity index (χ4v) is 5.44. The molecule has 0 spiro atoms. The van der Waals surface area contributed by atoms with Crippen LogP contribution in [0.1, 0.15) is 47.5 Å². The molecule has 0 atom stereocenters. The molecule has 0 fully saturated rings. The van der Waals surface area contributed by atoms with Crippen LogP contribution in [-0.2, 0) is 22.4 Å². The van der Waals surface area contributed by atoms with Gasteiger partial charge in [0.15, 0.2) is 4.34 Å². The number of nitrogens with two attached hydrogens (primary N) is 1. The Bertz CT molecular complexity index is 816. The number of thioether (sulfide) groups is 1. The molecule has 2 heterocycles. The van der Waals surface area contributed by atoms with E-state index < -0.39 is 0 Å². The van der Waals surface area contributed by atoms with Gasteiger partial charge < -0.3 is 15.8 Å². The Hall–Kier alpha value is -1.65. The number of hydrogen-bond acceptors (Lipinski definition) is 9. The Morgan fingerprint density at radius 1 is 1.27 bits per heavy atom. The van der Waals surface area contributed by atoms with Crippen molar-refractivity contribution in [2.24, 2.45) is 0 Å². The smallest absolute Gasteiger partial charge is 0.341 e. The van der Waals surface area contributed by atoms with Gasteiger partial charge in [0.1, 0.15) is 5.00 Å². The van der Waals surface area contributed by atoms with Crippen molar-refractivity contribution in [1.82, 2.24) is 10.2 Å². The molecule has 0 radical (unpaired) electrons.